The average molecular weight is 474 g/mol. The molecule has 0 radical (unpaired) electrons. The lowest BCUT2D eigenvalue weighted by Crippen LogP contribution is -2.48. The number of fused-ring (bicyclic) bond motifs is 1. The third kappa shape index (κ3) is 5.97. The Morgan fingerprint density at radius 3 is 2.74 bits per heavy atom. The van der Waals surface area contributed by atoms with E-state index in [1.54, 1.807) is 38.4 Å². The summed E-state index contributed by atoms with van der Waals surface area (Å²) in [6.07, 6.45) is 4.37. The number of likely N-dealkylation sites (N-methyl/N-ethyl adjacent to an activating group) is 1. The van der Waals surface area contributed by atoms with Gasteiger partial charge in [-0.25, -0.2) is 4.79 Å². The molecule has 7 heteroatoms. The summed E-state index contributed by atoms with van der Waals surface area (Å²) in [5.41, 5.74) is 3.16. The lowest BCUT2D eigenvalue weighted by molar-refractivity contribution is -0.120. The van der Waals surface area contributed by atoms with E-state index in [1.165, 1.54) is 6.07 Å². The molecule has 2 amide bonds. The molecule has 1 atom stereocenters. The second kappa shape index (κ2) is 9.77. The van der Waals surface area contributed by atoms with Crippen molar-refractivity contribution >= 4 is 17.6 Å². The van der Waals surface area contributed by atoms with Crippen molar-refractivity contribution in [2.45, 2.75) is 51.7 Å². The zero-order valence-electron chi connectivity index (χ0n) is 23.0. The molecule has 1 unspecified atom stereocenters. The van der Waals surface area contributed by atoms with Gasteiger partial charge >= 0.3 is 6.03 Å². The zero-order valence-corrected chi connectivity index (χ0v) is 20.0. The van der Waals surface area contributed by atoms with Crippen LogP contribution in [-0.4, -0.2) is 45.4 Å². The molecule has 180 valence electrons. The highest BCUT2D eigenvalue weighted by Crippen LogP contribution is 2.27. The van der Waals surface area contributed by atoms with Crippen molar-refractivity contribution in [2.24, 2.45) is 0 Å². The Morgan fingerprint density at radius 2 is 2.03 bits per heavy atom. The molecule has 7 nitrogen and oxygen atoms in total. The van der Waals surface area contributed by atoms with Crippen molar-refractivity contribution in [3.8, 4) is 11.8 Å². The predicted octanol–water partition coefficient (Wildman–Crippen LogP) is 3.44. The standard InChI is InChI=1S/C28H30N4O3/c1-19-5-7-20(8-6-19)15-22-17-29-32(18-22)27(34)30-24-12-11-23-10-9-21(13-14-28(2,3)35)16-25(23)31(4)26(24)33/h5-10,16-18,24,35H,11-12,15H2,1-4H3,(H,30,34)/i4D3. The highest BCUT2D eigenvalue weighted by molar-refractivity contribution is 6.00. The minimum absolute atomic E-state index is 0.216. The molecular formula is C28H30N4O3. The number of nitrogens with zero attached hydrogens (tertiary/aromatic N) is 3. The van der Waals surface area contributed by atoms with Crippen LogP contribution >= 0.6 is 0 Å². The van der Waals surface area contributed by atoms with Crippen molar-refractivity contribution in [1.82, 2.24) is 15.1 Å². The number of aryl methyl sites for hydroxylation is 2. The number of amides is 2. The van der Waals surface area contributed by atoms with Crippen LogP contribution in [0.15, 0.2) is 54.9 Å². The number of rotatable bonds is 3. The summed E-state index contributed by atoms with van der Waals surface area (Å²) in [7, 11) is 0. The molecule has 2 N–H and O–H groups in total. The topological polar surface area (TPSA) is 87.5 Å². The van der Waals surface area contributed by atoms with Gasteiger partial charge in [0.15, 0.2) is 0 Å². The maximum atomic E-state index is 13.5. The van der Waals surface area contributed by atoms with Crippen LogP contribution in [0, 0.1) is 18.8 Å². The van der Waals surface area contributed by atoms with Gasteiger partial charge in [-0.2, -0.15) is 9.78 Å². The first-order chi connectivity index (χ1) is 17.8. The van der Waals surface area contributed by atoms with Crippen LogP contribution in [0.2, 0.25) is 0 Å². The van der Waals surface area contributed by atoms with Gasteiger partial charge in [0, 0.05) is 35.0 Å². The summed E-state index contributed by atoms with van der Waals surface area (Å²) in [6, 6.07) is 11.4. The molecule has 0 saturated heterocycles. The maximum absolute atomic E-state index is 13.5. The van der Waals surface area contributed by atoms with Gasteiger partial charge < -0.3 is 15.3 Å². The van der Waals surface area contributed by atoms with Gasteiger partial charge in [-0.3, -0.25) is 4.79 Å². The van der Waals surface area contributed by atoms with Crippen LogP contribution in [0.1, 0.15) is 52.2 Å². The minimum Gasteiger partial charge on any atom is -0.378 e. The second-order valence-corrected chi connectivity index (χ2v) is 9.32. The number of carbonyl (C=O) groups is 2. The molecule has 2 aromatic carbocycles. The van der Waals surface area contributed by atoms with Gasteiger partial charge in [-0.1, -0.05) is 47.7 Å². The summed E-state index contributed by atoms with van der Waals surface area (Å²) in [5.74, 6) is 4.78. The molecule has 2 heterocycles. The summed E-state index contributed by atoms with van der Waals surface area (Å²) in [6.45, 7) is 2.31. The summed E-state index contributed by atoms with van der Waals surface area (Å²) in [5, 5.41) is 16.7. The first-order valence-corrected chi connectivity index (χ1v) is 11.4. The number of nitrogens with one attached hydrogen (secondary N) is 1. The lowest BCUT2D eigenvalue weighted by atomic mass is 10.0. The van der Waals surface area contributed by atoms with E-state index in [1.807, 2.05) is 31.2 Å². The van der Waals surface area contributed by atoms with Crippen molar-refractivity contribution < 1.29 is 18.8 Å². The van der Waals surface area contributed by atoms with E-state index >= 15 is 0 Å². The molecular weight excluding hydrogens is 440 g/mol. The fourth-order valence-corrected chi connectivity index (χ4v) is 3.84. The van der Waals surface area contributed by atoms with E-state index < -0.39 is 30.6 Å². The van der Waals surface area contributed by atoms with Gasteiger partial charge in [0.2, 0.25) is 5.91 Å². The SMILES string of the molecule is [2H]C([2H])([2H])N1C(=O)C(NC(=O)n2cc(Cc3ccc(C)cc3)cn2)CCc2ccc(C#CC(C)(C)O)cc21. The van der Waals surface area contributed by atoms with Gasteiger partial charge in [0.25, 0.3) is 0 Å². The highest BCUT2D eigenvalue weighted by Gasteiger charge is 2.30. The molecule has 4 rings (SSSR count). The fraction of sp³-hybridized carbons (Fsp3) is 0.321. The molecule has 1 aromatic heterocycles. The Morgan fingerprint density at radius 1 is 1.26 bits per heavy atom. The molecule has 3 aromatic rings. The number of carbonyl (C=O) groups excluding carboxylic acids is 2. The first kappa shape index (κ1) is 20.5. The molecule has 1 aliphatic heterocycles. The van der Waals surface area contributed by atoms with E-state index in [4.69, 9.17) is 4.11 Å². The molecule has 0 saturated carbocycles. The Kier molecular flexibility index (Phi) is 5.72. The van der Waals surface area contributed by atoms with E-state index in [0.717, 1.165) is 26.3 Å². The van der Waals surface area contributed by atoms with Crippen molar-refractivity contribution in [1.29, 1.82) is 0 Å². The third-order valence-corrected chi connectivity index (χ3v) is 5.73. The van der Waals surface area contributed by atoms with Crippen LogP contribution in [0.4, 0.5) is 10.5 Å². The molecule has 1 aliphatic rings. The van der Waals surface area contributed by atoms with Crippen LogP contribution in [0.3, 0.4) is 0 Å². The normalized spacial score (nSPS) is 17.3. The zero-order chi connectivity index (χ0) is 27.7. The molecule has 35 heavy (non-hydrogen) atoms. The number of aromatic nitrogens is 2. The maximum Gasteiger partial charge on any atom is 0.342 e. The molecule has 0 spiro atoms. The highest BCUT2D eigenvalue weighted by atomic mass is 16.3. The molecule has 0 aliphatic carbocycles. The van der Waals surface area contributed by atoms with Crippen molar-refractivity contribution in [2.75, 3.05) is 11.9 Å². The van der Waals surface area contributed by atoms with E-state index in [9.17, 15) is 14.7 Å². The number of anilines is 1. The van der Waals surface area contributed by atoms with Crippen molar-refractivity contribution in [3.05, 3.63) is 82.7 Å². The van der Waals surface area contributed by atoms with Gasteiger partial charge in [0.05, 0.1) is 6.20 Å². The van der Waals surface area contributed by atoms with Gasteiger partial charge in [-0.15, -0.1) is 0 Å². The number of benzene rings is 2. The minimum atomic E-state index is -2.78. The predicted molar refractivity (Wildman–Crippen MR) is 135 cm³/mol. The second-order valence-electron chi connectivity index (χ2n) is 9.32. The Labute approximate surface area is 210 Å². The smallest absolute Gasteiger partial charge is 0.342 e. The van der Waals surface area contributed by atoms with E-state index in [-0.39, 0.29) is 12.1 Å². The third-order valence-electron chi connectivity index (χ3n) is 5.73. The number of aliphatic hydroxyl groups is 1. The summed E-state index contributed by atoms with van der Waals surface area (Å²) in [4.78, 5) is 27.2. The molecule has 0 fully saturated rings. The van der Waals surface area contributed by atoms with Crippen LogP contribution in [0.25, 0.3) is 0 Å². The monoisotopic (exact) mass is 473 g/mol. The number of hydrogen-bond acceptors (Lipinski definition) is 4. The van der Waals surface area contributed by atoms with Crippen molar-refractivity contribution in [3.63, 3.8) is 0 Å². The van der Waals surface area contributed by atoms with E-state index in [0.29, 0.717) is 24.0 Å². The first-order valence-electron chi connectivity index (χ1n) is 12.9. The lowest BCUT2D eigenvalue weighted by Gasteiger charge is -2.22. The van der Waals surface area contributed by atoms with Crippen LogP contribution in [0.5, 0.6) is 0 Å². The van der Waals surface area contributed by atoms with Gasteiger partial charge in [0.1, 0.15) is 11.6 Å². The largest absolute Gasteiger partial charge is 0.378 e. The van der Waals surface area contributed by atoms with Gasteiger partial charge in [-0.05, 0) is 62.4 Å². The Bertz CT molecular complexity index is 1410. The summed E-state index contributed by atoms with van der Waals surface area (Å²) < 4.78 is 25.3. The van der Waals surface area contributed by atoms with Crippen LogP contribution < -0.4 is 10.2 Å². The Hall–Kier alpha value is -3.89. The average Bonchev–Trinajstić information content (AvgIpc) is 3.24. The Balaban J connectivity index is 1.55. The molecule has 0 bridgehead atoms. The quantitative estimate of drug-likeness (QED) is 0.571. The number of hydrogen-bond donors (Lipinski definition) is 2. The van der Waals surface area contributed by atoms with Crippen LogP contribution in [-0.2, 0) is 17.6 Å². The summed E-state index contributed by atoms with van der Waals surface area (Å²) >= 11 is 0. The van der Waals surface area contributed by atoms with E-state index in [2.05, 4.69) is 22.3 Å². The fourth-order valence-electron chi connectivity index (χ4n) is 3.84.